The van der Waals surface area contributed by atoms with Gasteiger partial charge in [0.25, 0.3) is 0 Å². The van der Waals surface area contributed by atoms with Crippen molar-refractivity contribution in [3.05, 3.63) is 54.6 Å². The van der Waals surface area contributed by atoms with Gasteiger partial charge in [-0.3, -0.25) is 0 Å². The summed E-state index contributed by atoms with van der Waals surface area (Å²) in [6.07, 6.45) is 6.16. The molecule has 14 heavy (non-hydrogen) atoms. The van der Waals surface area contributed by atoms with Crippen molar-refractivity contribution >= 4 is 6.08 Å². The van der Waals surface area contributed by atoms with E-state index in [-0.39, 0.29) is 0 Å². The number of unbranched alkanes of at least 4 members (excludes halogenated alkanes) is 1. The lowest BCUT2D eigenvalue weighted by Crippen LogP contribution is -1.71. The summed E-state index contributed by atoms with van der Waals surface area (Å²) in [4.78, 5) is 0. The van der Waals surface area contributed by atoms with Gasteiger partial charge in [-0.2, -0.15) is 0 Å². The van der Waals surface area contributed by atoms with Crippen molar-refractivity contribution in [2.75, 3.05) is 0 Å². The van der Waals surface area contributed by atoms with E-state index in [0.29, 0.717) is 0 Å². The van der Waals surface area contributed by atoms with Gasteiger partial charge in [0.05, 0.1) is 0 Å². The highest BCUT2D eigenvalue weighted by Gasteiger charge is 1.82. The molecular weight excluding hydrogens is 168 g/mol. The molecule has 0 saturated heterocycles. The summed E-state index contributed by atoms with van der Waals surface area (Å²) in [5, 5.41) is 0. The Morgan fingerprint density at radius 2 is 1.71 bits per heavy atom. The SMILES string of the molecule is C=CCCC.C=Cc1ccc(C)cc1. The van der Waals surface area contributed by atoms with E-state index in [1.54, 1.807) is 0 Å². The smallest absolute Gasteiger partial charge is 0.0262 e. The van der Waals surface area contributed by atoms with Crippen LogP contribution in [0.2, 0.25) is 0 Å². The van der Waals surface area contributed by atoms with Crippen molar-refractivity contribution in [3.63, 3.8) is 0 Å². The van der Waals surface area contributed by atoms with Crippen LogP contribution in [0.4, 0.5) is 0 Å². The summed E-state index contributed by atoms with van der Waals surface area (Å²) in [5.74, 6) is 0. The molecule has 76 valence electrons. The molecule has 0 heteroatoms. The van der Waals surface area contributed by atoms with Crippen LogP contribution in [0.25, 0.3) is 6.08 Å². The van der Waals surface area contributed by atoms with Gasteiger partial charge in [-0.05, 0) is 18.9 Å². The number of hydrogen-bond acceptors (Lipinski definition) is 0. The third-order valence-corrected chi connectivity index (χ3v) is 1.81. The Labute approximate surface area is 88.0 Å². The molecule has 1 aromatic carbocycles. The lowest BCUT2D eigenvalue weighted by molar-refractivity contribution is 0.961. The molecule has 0 radical (unpaired) electrons. The van der Waals surface area contributed by atoms with Gasteiger partial charge in [-0.1, -0.05) is 61.9 Å². The second kappa shape index (κ2) is 8.31. The van der Waals surface area contributed by atoms with Crippen molar-refractivity contribution in [2.24, 2.45) is 0 Å². The van der Waals surface area contributed by atoms with Crippen molar-refractivity contribution in [3.8, 4) is 0 Å². The van der Waals surface area contributed by atoms with E-state index in [1.165, 1.54) is 17.5 Å². The van der Waals surface area contributed by atoms with E-state index >= 15 is 0 Å². The Balaban J connectivity index is 0.000000292. The molecule has 0 fully saturated rings. The van der Waals surface area contributed by atoms with Gasteiger partial charge in [0.15, 0.2) is 0 Å². The maximum absolute atomic E-state index is 3.66. The molecule has 0 unspecified atom stereocenters. The van der Waals surface area contributed by atoms with E-state index < -0.39 is 0 Å². The predicted molar refractivity (Wildman–Crippen MR) is 66.4 cm³/mol. The normalized spacial score (nSPS) is 8.43. The highest BCUT2D eigenvalue weighted by molar-refractivity contribution is 5.46. The summed E-state index contributed by atoms with van der Waals surface area (Å²) >= 11 is 0. The van der Waals surface area contributed by atoms with Gasteiger partial charge in [0.1, 0.15) is 0 Å². The van der Waals surface area contributed by atoms with Crippen molar-refractivity contribution in [2.45, 2.75) is 26.7 Å². The molecule has 1 rings (SSSR count). The van der Waals surface area contributed by atoms with Gasteiger partial charge >= 0.3 is 0 Å². The molecule has 0 heterocycles. The summed E-state index contributed by atoms with van der Waals surface area (Å²) in [6, 6.07) is 8.28. The molecule has 0 saturated carbocycles. The summed E-state index contributed by atoms with van der Waals surface area (Å²) in [7, 11) is 0. The monoisotopic (exact) mass is 188 g/mol. The zero-order valence-corrected chi connectivity index (χ0v) is 9.29. The topological polar surface area (TPSA) is 0 Å². The standard InChI is InChI=1S/C9H10.C5H10/c1-3-9-6-4-8(2)5-7-9;1-3-5-4-2/h3-7H,1H2,2H3;3H,1,4-5H2,2H3. The molecule has 1 aromatic rings. The quantitative estimate of drug-likeness (QED) is 0.608. The fourth-order valence-electron chi connectivity index (χ4n) is 0.907. The van der Waals surface area contributed by atoms with Crippen molar-refractivity contribution < 1.29 is 0 Å². The first-order valence-electron chi connectivity index (χ1n) is 5.04. The van der Waals surface area contributed by atoms with Crippen LogP contribution in [0.1, 0.15) is 30.9 Å². The van der Waals surface area contributed by atoms with Gasteiger partial charge in [0, 0.05) is 0 Å². The zero-order chi connectivity index (χ0) is 10.8. The molecule has 0 aliphatic rings. The molecule has 0 N–H and O–H groups in total. The molecular formula is C14H20. The zero-order valence-electron chi connectivity index (χ0n) is 9.29. The number of rotatable bonds is 3. The highest BCUT2D eigenvalue weighted by atomic mass is 13.9. The molecule has 0 nitrogen and oxygen atoms in total. The molecule has 0 atom stereocenters. The van der Waals surface area contributed by atoms with Crippen LogP contribution in [-0.4, -0.2) is 0 Å². The predicted octanol–water partition coefficient (Wildman–Crippen LogP) is 4.61. The summed E-state index contributed by atoms with van der Waals surface area (Å²) in [5.41, 5.74) is 2.47. The van der Waals surface area contributed by atoms with Crippen LogP contribution in [0.3, 0.4) is 0 Å². The number of aryl methyl sites for hydroxylation is 1. The maximum atomic E-state index is 3.66. The second-order valence-corrected chi connectivity index (χ2v) is 3.19. The van der Waals surface area contributed by atoms with Gasteiger partial charge in [-0.15, -0.1) is 6.58 Å². The number of hydrogen-bond donors (Lipinski definition) is 0. The minimum atomic E-state index is 1.15. The van der Waals surface area contributed by atoms with E-state index in [9.17, 15) is 0 Å². The van der Waals surface area contributed by atoms with E-state index in [4.69, 9.17) is 0 Å². The fraction of sp³-hybridized carbons (Fsp3) is 0.286. The van der Waals surface area contributed by atoms with Crippen molar-refractivity contribution in [1.29, 1.82) is 0 Å². The molecule has 0 aromatic heterocycles. The first-order valence-corrected chi connectivity index (χ1v) is 5.04. The molecule has 0 aliphatic heterocycles. The Hall–Kier alpha value is -1.30. The highest BCUT2D eigenvalue weighted by Crippen LogP contribution is 2.02. The van der Waals surface area contributed by atoms with Crippen LogP contribution < -0.4 is 0 Å². The third kappa shape index (κ3) is 6.24. The average molecular weight is 188 g/mol. The van der Waals surface area contributed by atoms with Crippen LogP contribution in [-0.2, 0) is 0 Å². The third-order valence-electron chi connectivity index (χ3n) is 1.81. The first kappa shape index (κ1) is 12.7. The largest absolute Gasteiger partial charge is 0.103 e. The molecule has 0 amide bonds. The first-order chi connectivity index (χ1) is 6.74. The average Bonchev–Trinajstić information content (AvgIpc) is 2.21. The van der Waals surface area contributed by atoms with E-state index in [2.05, 4.69) is 51.3 Å². The van der Waals surface area contributed by atoms with Crippen LogP contribution >= 0.6 is 0 Å². The van der Waals surface area contributed by atoms with E-state index in [0.717, 1.165) is 6.42 Å². The number of benzene rings is 1. The van der Waals surface area contributed by atoms with Gasteiger partial charge in [-0.25, -0.2) is 0 Å². The lowest BCUT2D eigenvalue weighted by atomic mass is 10.2. The lowest BCUT2D eigenvalue weighted by Gasteiger charge is -1.91. The van der Waals surface area contributed by atoms with Crippen molar-refractivity contribution in [1.82, 2.24) is 0 Å². The van der Waals surface area contributed by atoms with Crippen LogP contribution in [0, 0.1) is 6.92 Å². The fourth-order valence-corrected chi connectivity index (χ4v) is 0.907. The summed E-state index contributed by atoms with van der Waals surface area (Å²) < 4.78 is 0. The maximum Gasteiger partial charge on any atom is -0.0262 e. The minimum absolute atomic E-state index is 1.15. The molecule has 0 aliphatic carbocycles. The Morgan fingerprint density at radius 3 is 2.00 bits per heavy atom. The summed E-state index contributed by atoms with van der Waals surface area (Å²) in [6.45, 7) is 11.4. The van der Waals surface area contributed by atoms with Crippen LogP contribution in [0.5, 0.6) is 0 Å². The van der Waals surface area contributed by atoms with E-state index in [1.807, 2.05) is 12.2 Å². The Kier molecular flexibility index (Phi) is 7.53. The number of allylic oxidation sites excluding steroid dienone is 1. The minimum Gasteiger partial charge on any atom is -0.103 e. The van der Waals surface area contributed by atoms with Crippen LogP contribution in [0.15, 0.2) is 43.5 Å². The molecule has 0 spiro atoms. The van der Waals surface area contributed by atoms with Gasteiger partial charge < -0.3 is 0 Å². The molecule has 0 bridgehead atoms. The Bertz CT molecular complexity index is 254. The Morgan fingerprint density at radius 1 is 1.14 bits per heavy atom. The second-order valence-electron chi connectivity index (χ2n) is 3.19. The van der Waals surface area contributed by atoms with Gasteiger partial charge in [0.2, 0.25) is 0 Å².